The summed E-state index contributed by atoms with van der Waals surface area (Å²) < 4.78 is 38.6. The maximum absolute atomic E-state index is 12.9. The molecule has 0 saturated carbocycles. The van der Waals surface area contributed by atoms with Crippen LogP contribution in [0.5, 0.6) is 0 Å². The molecule has 1 fully saturated rings. The van der Waals surface area contributed by atoms with Crippen molar-refractivity contribution >= 4 is 11.7 Å². The normalized spacial score (nSPS) is 18.9. The Hall–Kier alpha value is -2.23. The fourth-order valence-corrected chi connectivity index (χ4v) is 2.38. The van der Waals surface area contributed by atoms with Gasteiger partial charge in [-0.15, -0.1) is 0 Å². The number of alkyl halides is 3. The van der Waals surface area contributed by atoms with E-state index in [2.05, 4.69) is 0 Å². The number of halogens is 3. The van der Waals surface area contributed by atoms with Crippen LogP contribution in [0.2, 0.25) is 0 Å². The van der Waals surface area contributed by atoms with E-state index in [-0.39, 0.29) is 5.69 Å². The Labute approximate surface area is 113 Å². The molecule has 4 nitrogen and oxygen atoms in total. The first kappa shape index (κ1) is 14.2. The highest BCUT2D eigenvalue weighted by atomic mass is 19.4. The lowest BCUT2D eigenvalue weighted by Gasteiger charge is -2.24. The van der Waals surface area contributed by atoms with Crippen LogP contribution in [0.15, 0.2) is 18.2 Å². The Morgan fingerprint density at radius 3 is 2.70 bits per heavy atom. The predicted molar refractivity (Wildman–Crippen MR) is 64.2 cm³/mol. The number of rotatable bonds is 2. The molecule has 106 valence electrons. The number of anilines is 1. The number of nitrogens with zero attached hydrogens (tertiary/aromatic N) is 2. The van der Waals surface area contributed by atoms with E-state index in [0.717, 1.165) is 12.1 Å². The molecule has 0 radical (unpaired) electrons. The molecule has 1 saturated heterocycles. The summed E-state index contributed by atoms with van der Waals surface area (Å²) >= 11 is 0. The van der Waals surface area contributed by atoms with Crippen molar-refractivity contribution < 1.29 is 23.1 Å². The number of benzene rings is 1. The van der Waals surface area contributed by atoms with Gasteiger partial charge >= 0.3 is 12.1 Å². The Morgan fingerprint density at radius 1 is 1.45 bits per heavy atom. The van der Waals surface area contributed by atoms with Crippen LogP contribution in [-0.4, -0.2) is 23.7 Å². The zero-order valence-corrected chi connectivity index (χ0v) is 10.3. The number of hydrogen-bond acceptors (Lipinski definition) is 3. The van der Waals surface area contributed by atoms with Crippen LogP contribution in [0.3, 0.4) is 0 Å². The van der Waals surface area contributed by atoms with Crippen molar-refractivity contribution in [2.75, 3.05) is 11.4 Å². The lowest BCUT2D eigenvalue weighted by Crippen LogP contribution is -2.36. The number of aliphatic carboxylic acids is 1. The molecule has 1 N–H and O–H groups in total. The van der Waals surface area contributed by atoms with Crippen LogP contribution in [0.25, 0.3) is 0 Å². The van der Waals surface area contributed by atoms with Gasteiger partial charge in [-0.05, 0) is 31.0 Å². The van der Waals surface area contributed by atoms with Crippen LogP contribution >= 0.6 is 0 Å². The third-order valence-electron chi connectivity index (χ3n) is 3.30. The SMILES string of the molecule is N#Cc1ccc(N2CCC[C@@H]2C(=O)O)cc1C(F)(F)F. The van der Waals surface area contributed by atoms with Crippen molar-refractivity contribution in [1.82, 2.24) is 0 Å². The highest BCUT2D eigenvalue weighted by molar-refractivity contribution is 5.79. The average Bonchev–Trinajstić information content (AvgIpc) is 2.86. The van der Waals surface area contributed by atoms with Gasteiger partial charge in [0.05, 0.1) is 17.2 Å². The molecule has 0 amide bonds. The van der Waals surface area contributed by atoms with Gasteiger partial charge in [0.15, 0.2) is 0 Å². The zero-order chi connectivity index (χ0) is 14.9. The molecular weight excluding hydrogens is 273 g/mol. The van der Waals surface area contributed by atoms with Gasteiger partial charge in [-0.25, -0.2) is 4.79 Å². The quantitative estimate of drug-likeness (QED) is 0.906. The molecule has 1 aromatic rings. The van der Waals surface area contributed by atoms with Crippen LogP contribution < -0.4 is 4.90 Å². The summed E-state index contributed by atoms with van der Waals surface area (Å²) in [6.45, 7) is 0.389. The lowest BCUT2D eigenvalue weighted by atomic mass is 10.1. The van der Waals surface area contributed by atoms with Gasteiger partial charge in [0.2, 0.25) is 0 Å². The molecule has 0 spiro atoms. The maximum Gasteiger partial charge on any atom is 0.417 e. The van der Waals surface area contributed by atoms with E-state index >= 15 is 0 Å². The van der Waals surface area contributed by atoms with Crippen molar-refractivity contribution in [2.24, 2.45) is 0 Å². The van der Waals surface area contributed by atoms with Crippen LogP contribution in [0.1, 0.15) is 24.0 Å². The second kappa shape index (κ2) is 5.04. The van der Waals surface area contributed by atoms with Crippen molar-refractivity contribution in [2.45, 2.75) is 25.1 Å². The summed E-state index contributed by atoms with van der Waals surface area (Å²) in [5.74, 6) is -1.06. The minimum absolute atomic E-state index is 0.182. The Balaban J connectivity index is 2.44. The van der Waals surface area contributed by atoms with E-state index in [1.54, 1.807) is 0 Å². The van der Waals surface area contributed by atoms with Gasteiger partial charge in [-0.3, -0.25) is 0 Å². The number of hydrogen-bond donors (Lipinski definition) is 1. The summed E-state index contributed by atoms with van der Waals surface area (Å²) in [5, 5.41) is 17.8. The fourth-order valence-electron chi connectivity index (χ4n) is 2.38. The van der Waals surface area contributed by atoms with E-state index in [1.807, 2.05) is 0 Å². The van der Waals surface area contributed by atoms with E-state index < -0.39 is 29.3 Å². The van der Waals surface area contributed by atoms with Crippen molar-refractivity contribution in [1.29, 1.82) is 5.26 Å². The zero-order valence-electron chi connectivity index (χ0n) is 10.3. The maximum atomic E-state index is 12.9. The monoisotopic (exact) mass is 284 g/mol. The first-order valence-electron chi connectivity index (χ1n) is 5.95. The predicted octanol–water partition coefficient (Wildman–Crippen LogP) is 2.63. The molecule has 1 aliphatic rings. The van der Waals surface area contributed by atoms with E-state index in [1.165, 1.54) is 17.0 Å². The summed E-state index contributed by atoms with van der Waals surface area (Å²) in [7, 11) is 0. The first-order valence-corrected chi connectivity index (χ1v) is 5.95. The smallest absolute Gasteiger partial charge is 0.417 e. The minimum Gasteiger partial charge on any atom is -0.480 e. The highest BCUT2D eigenvalue weighted by Gasteiger charge is 2.36. The number of carboxylic acid groups (broad SMARTS) is 1. The van der Waals surface area contributed by atoms with Gasteiger partial charge in [0, 0.05) is 12.2 Å². The summed E-state index contributed by atoms with van der Waals surface area (Å²) in [4.78, 5) is 12.5. The average molecular weight is 284 g/mol. The molecule has 0 bridgehead atoms. The summed E-state index contributed by atoms with van der Waals surface area (Å²) in [6.07, 6.45) is -3.63. The second-order valence-corrected chi connectivity index (χ2v) is 4.53. The van der Waals surface area contributed by atoms with Crippen molar-refractivity contribution in [3.63, 3.8) is 0 Å². The Morgan fingerprint density at radius 2 is 2.15 bits per heavy atom. The number of carboxylic acids is 1. The topological polar surface area (TPSA) is 64.3 Å². The van der Waals surface area contributed by atoms with Crippen LogP contribution in [0.4, 0.5) is 18.9 Å². The number of nitriles is 1. The van der Waals surface area contributed by atoms with Crippen molar-refractivity contribution in [3.8, 4) is 6.07 Å². The second-order valence-electron chi connectivity index (χ2n) is 4.53. The standard InChI is InChI=1S/C13H11F3N2O2/c14-13(15,16)10-6-9(4-3-8(10)7-17)18-5-1-2-11(18)12(19)20/h3-4,6,11H,1-2,5H2,(H,19,20)/t11-/m1/s1. The van der Waals surface area contributed by atoms with Gasteiger partial charge in [-0.2, -0.15) is 18.4 Å². The molecule has 0 unspecified atom stereocenters. The largest absolute Gasteiger partial charge is 0.480 e. The molecule has 20 heavy (non-hydrogen) atoms. The highest BCUT2D eigenvalue weighted by Crippen LogP contribution is 2.36. The molecule has 7 heteroatoms. The molecule has 1 heterocycles. The Bertz CT molecular complexity index is 578. The van der Waals surface area contributed by atoms with Crippen molar-refractivity contribution in [3.05, 3.63) is 29.3 Å². The summed E-state index contributed by atoms with van der Waals surface area (Å²) in [5.41, 5.74) is -1.32. The molecule has 2 rings (SSSR count). The van der Waals surface area contributed by atoms with Crippen LogP contribution in [0, 0.1) is 11.3 Å². The fraction of sp³-hybridized carbons (Fsp3) is 0.385. The molecule has 1 atom stereocenters. The lowest BCUT2D eigenvalue weighted by molar-refractivity contribution is -0.138. The molecule has 0 aromatic heterocycles. The molecular formula is C13H11F3N2O2. The van der Waals surface area contributed by atoms with Gasteiger partial charge in [-0.1, -0.05) is 0 Å². The molecule has 0 aliphatic carbocycles. The third-order valence-corrected chi connectivity index (χ3v) is 3.30. The molecule has 1 aliphatic heterocycles. The van der Waals surface area contributed by atoms with Gasteiger partial charge in [0.25, 0.3) is 0 Å². The van der Waals surface area contributed by atoms with E-state index in [4.69, 9.17) is 10.4 Å². The Kier molecular flexibility index (Phi) is 3.57. The molecule has 1 aromatic carbocycles. The minimum atomic E-state index is -4.64. The van der Waals surface area contributed by atoms with Crippen LogP contribution in [-0.2, 0) is 11.0 Å². The van der Waals surface area contributed by atoms with Gasteiger partial charge < -0.3 is 10.0 Å². The number of carbonyl (C=O) groups is 1. The summed E-state index contributed by atoms with van der Waals surface area (Å²) in [6, 6.07) is 3.97. The third kappa shape index (κ3) is 2.54. The van der Waals surface area contributed by atoms with Gasteiger partial charge in [0.1, 0.15) is 6.04 Å². The van der Waals surface area contributed by atoms with E-state index in [9.17, 15) is 18.0 Å². The van der Waals surface area contributed by atoms with E-state index in [0.29, 0.717) is 19.4 Å². The first-order chi connectivity index (χ1) is 9.34.